The van der Waals surface area contributed by atoms with Crippen LogP contribution in [0.1, 0.15) is 17.0 Å². The minimum absolute atomic E-state index is 0.0409. The minimum Gasteiger partial charge on any atom is -0.392 e. The Hall–Kier alpha value is -3.38. The quantitative estimate of drug-likeness (QED) is 0.593. The SMILES string of the molecule is Cc1nnc(-c2cc(-c3ccc(CO)cc3)ccn2)n1Cc1ccncc1. The Kier molecular flexibility index (Phi) is 4.72. The average molecular weight is 357 g/mol. The number of rotatable bonds is 5. The van der Waals surface area contributed by atoms with Crippen LogP contribution in [0.25, 0.3) is 22.6 Å². The number of aryl methyl sites for hydroxylation is 1. The second kappa shape index (κ2) is 7.47. The van der Waals surface area contributed by atoms with E-state index in [1.165, 1.54) is 0 Å². The normalized spacial score (nSPS) is 10.9. The fourth-order valence-electron chi connectivity index (χ4n) is 2.97. The van der Waals surface area contributed by atoms with E-state index in [2.05, 4.69) is 24.7 Å². The van der Waals surface area contributed by atoms with Crippen molar-refractivity contribution in [1.29, 1.82) is 0 Å². The molecule has 0 spiro atoms. The summed E-state index contributed by atoms with van der Waals surface area (Å²) >= 11 is 0. The fraction of sp³-hybridized carbons (Fsp3) is 0.143. The first-order valence-corrected chi connectivity index (χ1v) is 8.70. The molecule has 0 fully saturated rings. The van der Waals surface area contributed by atoms with Crippen molar-refractivity contribution in [3.05, 3.63) is 84.1 Å². The highest BCUT2D eigenvalue weighted by Crippen LogP contribution is 2.25. The molecular weight excluding hydrogens is 338 g/mol. The highest BCUT2D eigenvalue weighted by atomic mass is 16.3. The van der Waals surface area contributed by atoms with Gasteiger partial charge < -0.3 is 9.67 Å². The van der Waals surface area contributed by atoms with Crippen molar-refractivity contribution in [2.24, 2.45) is 0 Å². The first-order chi connectivity index (χ1) is 13.2. The van der Waals surface area contributed by atoms with Gasteiger partial charge in [0.05, 0.1) is 13.2 Å². The largest absolute Gasteiger partial charge is 0.392 e. The summed E-state index contributed by atoms with van der Waals surface area (Å²) in [6.45, 7) is 2.64. The molecule has 6 nitrogen and oxygen atoms in total. The van der Waals surface area contributed by atoms with Crippen LogP contribution >= 0.6 is 0 Å². The first kappa shape index (κ1) is 17.1. The van der Waals surface area contributed by atoms with Gasteiger partial charge in [-0.15, -0.1) is 10.2 Å². The van der Waals surface area contributed by atoms with E-state index in [1.54, 1.807) is 18.6 Å². The monoisotopic (exact) mass is 357 g/mol. The van der Waals surface area contributed by atoms with Crippen molar-refractivity contribution >= 4 is 0 Å². The van der Waals surface area contributed by atoms with E-state index in [4.69, 9.17) is 0 Å². The van der Waals surface area contributed by atoms with Gasteiger partial charge in [-0.1, -0.05) is 24.3 Å². The maximum absolute atomic E-state index is 9.21. The number of aliphatic hydroxyl groups excluding tert-OH is 1. The Labute approximate surface area is 157 Å². The molecule has 0 radical (unpaired) electrons. The van der Waals surface area contributed by atoms with Gasteiger partial charge in [0.2, 0.25) is 0 Å². The fourth-order valence-corrected chi connectivity index (χ4v) is 2.97. The number of hydrogen-bond acceptors (Lipinski definition) is 5. The maximum atomic E-state index is 9.21. The van der Waals surface area contributed by atoms with Gasteiger partial charge in [0.15, 0.2) is 5.82 Å². The number of aromatic nitrogens is 5. The molecule has 4 rings (SSSR count). The Morgan fingerprint density at radius 3 is 2.37 bits per heavy atom. The predicted octanol–water partition coefficient (Wildman–Crippen LogP) is 3.25. The van der Waals surface area contributed by atoms with Gasteiger partial charge in [0.1, 0.15) is 11.5 Å². The van der Waals surface area contributed by atoms with Crippen LogP contribution in [0.4, 0.5) is 0 Å². The summed E-state index contributed by atoms with van der Waals surface area (Å²) < 4.78 is 2.05. The number of hydrogen-bond donors (Lipinski definition) is 1. The summed E-state index contributed by atoms with van der Waals surface area (Å²) in [5, 5.41) is 17.8. The Balaban J connectivity index is 1.70. The van der Waals surface area contributed by atoms with E-state index in [0.29, 0.717) is 6.54 Å². The van der Waals surface area contributed by atoms with Crippen LogP contribution in [0.2, 0.25) is 0 Å². The van der Waals surface area contributed by atoms with Gasteiger partial charge in [0.25, 0.3) is 0 Å². The van der Waals surface area contributed by atoms with Crippen molar-refractivity contribution in [3.63, 3.8) is 0 Å². The summed E-state index contributed by atoms with van der Waals surface area (Å²) in [6, 6.07) is 15.8. The third-order valence-electron chi connectivity index (χ3n) is 4.48. The van der Waals surface area contributed by atoms with Gasteiger partial charge in [-0.2, -0.15) is 0 Å². The van der Waals surface area contributed by atoms with Crippen LogP contribution in [-0.4, -0.2) is 29.8 Å². The zero-order chi connectivity index (χ0) is 18.6. The van der Waals surface area contributed by atoms with Crippen LogP contribution in [0.15, 0.2) is 67.1 Å². The van der Waals surface area contributed by atoms with E-state index in [1.807, 2.05) is 55.5 Å². The van der Waals surface area contributed by atoms with Gasteiger partial charge in [-0.3, -0.25) is 9.97 Å². The van der Waals surface area contributed by atoms with Crippen LogP contribution in [0, 0.1) is 6.92 Å². The molecule has 3 heterocycles. The molecule has 27 heavy (non-hydrogen) atoms. The Morgan fingerprint density at radius 1 is 0.852 bits per heavy atom. The lowest BCUT2D eigenvalue weighted by Crippen LogP contribution is -2.05. The summed E-state index contributed by atoms with van der Waals surface area (Å²) in [4.78, 5) is 8.58. The summed E-state index contributed by atoms with van der Waals surface area (Å²) in [5.41, 5.74) is 4.90. The molecule has 0 bridgehead atoms. The van der Waals surface area contributed by atoms with Crippen LogP contribution in [0.3, 0.4) is 0 Å². The standard InChI is InChI=1S/C21H19N5O/c1-15-24-25-21(26(15)13-16-6-9-22-10-7-16)20-12-19(8-11-23-20)18-4-2-17(14-27)3-5-18/h2-12,27H,13-14H2,1H3. The van der Waals surface area contributed by atoms with E-state index < -0.39 is 0 Å². The maximum Gasteiger partial charge on any atom is 0.182 e. The molecule has 0 aliphatic rings. The second-order valence-electron chi connectivity index (χ2n) is 6.30. The lowest BCUT2D eigenvalue weighted by Gasteiger charge is -2.09. The second-order valence-corrected chi connectivity index (χ2v) is 6.30. The van der Waals surface area contributed by atoms with Crippen LogP contribution < -0.4 is 0 Å². The molecule has 6 heteroatoms. The van der Waals surface area contributed by atoms with E-state index in [0.717, 1.165) is 39.6 Å². The summed E-state index contributed by atoms with van der Waals surface area (Å²) in [5.74, 6) is 1.57. The molecule has 1 aromatic carbocycles. The number of benzene rings is 1. The Morgan fingerprint density at radius 2 is 1.63 bits per heavy atom. The van der Waals surface area contributed by atoms with E-state index in [9.17, 15) is 5.11 Å². The number of aliphatic hydroxyl groups is 1. The molecule has 0 aliphatic carbocycles. The van der Waals surface area contributed by atoms with Crippen molar-refractivity contribution in [2.75, 3.05) is 0 Å². The molecule has 4 aromatic rings. The van der Waals surface area contributed by atoms with E-state index >= 15 is 0 Å². The third-order valence-corrected chi connectivity index (χ3v) is 4.48. The van der Waals surface area contributed by atoms with Gasteiger partial charge in [0, 0.05) is 18.6 Å². The van der Waals surface area contributed by atoms with Gasteiger partial charge >= 0.3 is 0 Å². The van der Waals surface area contributed by atoms with E-state index in [-0.39, 0.29) is 6.61 Å². The highest BCUT2D eigenvalue weighted by Gasteiger charge is 2.13. The molecule has 3 aromatic heterocycles. The van der Waals surface area contributed by atoms with Crippen molar-refractivity contribution in [2.45, 2.75) is 20.1 Å². The topological polar surface area (TPSA) is 76.7 Å². The van der Waals surface area contributed by atoms with Crippen LogP contribution in [-0.2, 0) is 13.2 Å². The molecular formula is C21H19N5O. The lowest BCUT2D eigenvalue weighted by atomic mass is 10.0. The molecule has 0 amide bonds. The van der Waals surface area contributed by atoms with Gasteiger partial charge in [-0.25, -0.2) is 0 Å². The minimum atomic E-state index is 0.0409. The number of nitrogens with zero attached hydrogens (tertiary/aromatic N) is 5. The molecule has 0 unspecified atom stereocenters. The van der Waals surface area contributed by atoms with Crippen molar-refractivity contribution < 1.29 is 5.11 Å². The molecule has 134 valence electrons. The predicted molar refractivity (Wildman–Crippen MR) is 103 cm³/mol. The first-order valence-electron chi connectivity index (χ1n) is 8.70. The summed E-state index contributed by atoms with van der Waals surface area (Å²) in [7, 11) is 0. The van der Waals surface area contributed by atoms with Crippen molar-refractivity contribution in [1.82, 2.24) is 24.7 Å². The van der Waals surface area contributed by atoms with Gasteiger partial charge in [-0.05, 0) is 53.4 Å². The Bertz CT molecular complexity index is 1040. The third kappa shape index (κ3) is 3.61. The van der Waals surface area contributed by atoms with Crippen LogP contribution in [0.5, 0.6) is 0 Å². The number of pyridine rings is 2. The molecule has 0 saturated heterocycles. The average Bonchev–Trinajstić information content (AvgIpc) is 3.09. The molecule has 0 atom stereocenters. The van der Waals surface area contributed by atoms with Crippen molar-refractivity contribution in [3.8, 4) is 22.6 Å². The highest BCUT2D eigenvalue weighted by molar-refractivity contribution is 5.68. The molecule has 0 aliphatic heterocycles. The summed E-state index contributed by atoms with van der Waals surface area (Å²) in [6.07, 6.45) is 5.35. The molecule has 0 saturated carbocycles. The smallest absolute Gasteiger partial charge is 0.182 e. The zero-order valence-corrected chi connectivity index (χ0v) is 14.9. The lowest BCUT2D eigenvalue weighted by molar-refractivity contribution is 0.282. The zero-order valence-electron chi connectivity index (χ0n) is 14.9. The molecule has 1 N–H and O–H groups in total.